The van der Waals surface area contributed by atoms with Crippen LogP contribution in [0.2, 0.25) is 0 Å². The number of rotatable bonds is 3. The zero-order valence-electron chi connectivity index (χ0n) is 9.78. The lowest BCUT2D eigenvalue weighted by Gasteiger charge is -2.18. The predicted octanol–water partition coefficient (Wildman–Crippen LogP) is 2.15. The van der Waals surface area contributed by atoms with Gasteiger partial charge in [-0.25, -0.2) is 0 Å². The Bertz CT molecular complexity index is 369. The van der Waals surface area contributed by atoms with Gasteiger partial charge in [-0.05, 0) is 32.9 Å². The first kappa shape index (κ1) is 12.5. The molecule has 1 rings (SSSR count). The van der Waals surface area contributed by atoms with Crippen LogP contribution in [0.15, 0.2) is 24.3 Å². The molecule has 0 saturated carbocycles. The lowest BCUT2D eigenvalue weighted by molar-refractivity contribution is -0.125. The number of benzene rings is 1. The number of aromatic hydroxyl groups is 1. The molecule has 0 heterocycles. The monoisotopic (exact) mass is 223 g/mol. The van der Waals surface area contributed by atoms with Crippen molar-refractivity contribution >= 4 is 11.6 Å². The second-order valence-electron chi connectivity index (χ2n) is 4.50. The number of hydrogen-bond donors (Lipinski definition) is 2. The number of hydrogen-bond acceptors (Lipinski definition) is 3. The van der Waals surface area contributed by atoms with Crippen molar-refractivity contribution in [3.05, 3.63) is 24.3 Å². The number of carbonyl (C=O) groups is 1. The Balaban J connectivity index is 2.46. The smallest absolute Gasteiger partial charge is 0.250 e. The molecule has 1 aromatic rings. The maximum Gasteiger partial charge on any atom is 0.250 e. The fourth-order valence-electron chi connectivity index (χ4n) is 1.06. The Hall–Kier alpha value is -1.55. The fraction of sp³-hybridized carbons (Fsp3) is 0.417. The number of anilines is 1. The van der Waals surface area contributed by atoms with E-state index in [0.717, 1.165) is 0 Å². The van der Waals surface area contributed by atoms with E-state index in [2.05, 4.69) is 5.32 Å². The molecule has 0 aliphatic rings. The highest BCUT2D eigenvalue weighted by Crippen LogP contribution is 2.15. The first-order valence-electron chi connectivity index (χ1n) is 5.10. The van der Waals surface area contributed by atoms with Crippen molar-refractivity contribution < 1.29 is 14.6 Å². The number of ether oxygens (including phenoxy) is 1. The van der Waals surface area contributed by atoms with Crippen LogP contribution in [0.4, 0.5) is 5.69 Å². The van der Waals surface area contributed by atoms with E-state index < -0.39 is 0 Å². The van der Waals surface area contributed by atoms with E-state index in [4.69, 9.17) is 4.74 Å². The number of amides is 1. The number of nitrogens with one attached hydrogen (secondary N) is 1. The van der Waals surface area contributed by atoms with Gasteiger partial charge in [-0.1, -0.05) is 6.07 Å². The van der Waals surface area contributed by atoms with Gasteiger partial charge < -0.3 is 15.2 Å². The quantitative estimate of drug-likeness (QED) is 0.825. The van der Waals surface area contributed by atoms with Crippen LogP contribution in [0, 0.1) is 0 Å². The molecule has 4 nitrogen and oxygen atoms in total. The van der Waals surface area contributed by atoms with Crippen molar-refractivity contribution in [2.75, 3.05) is 11.9 Å². The number of carbonyl (C=O) groups excluding carboxylic acids is 1. The summed E-state index contributed by atoms with van der Waals surface area (Å²) in [7, 11) is 0. The molecule has 2 N–H and O–H groups in total. The van der Waals surface area contributed by atoms with Gasteiger partial charge in [-0.3, -0.25) is 4.79 Å². The van der Waals surface area contributed by atoms with Crippen LogP contribution in [0.3, 0.4) is 0 Å². The maximum atomic E-state index is 11.5. The molecule has 0 aliphatic heterocycles. The van der Waals surface area contributed by atoms with E-state index in [9.17, 15) is 9.90 Å². The van der Waals surface area contributed by atoms with Crippen molar-refractivity contribution in [1.82, 2.24) is 0 Å². The lowest BCUT2D eigenvalue weighted by atomic mass is 10.2. The molecule has 4 heteroatoms. The first-order valence-corrected chi connectivity index (χ1v) is 5.10. The van der Waals surface area contributed by atoms with Gasteiger partial charge in [-0.15, -0.1) is 0 Å². The molecule has 0 saturated heterocycles. The molecular formula is C12H17NO3. The second kappa shape index (κ2) is 4.99. The van der Waals surface area contributed by atoms with Crippen molar-refractivity contribution in [3.63, 3.8) is 0 Å². The van der Waals surface area contributed by atoms with Crippen LogP contribution in [0.25, 0.3) is 0 Å². The third-order valence-corrected chi connectivity index (χ3v) is 1.77. The largest absolute Gasteiger partial charge is 0.508 e. The molecule has 0 aliphatic carbocycles. The molecule has 1 aromatic carbocycles. The van der Waals surface area contributed by atoms with Gasteiger partial charge in [0.15, 0.2) is 0 Å². The summed E-state index contributed by atoms with van der Waals surface area (Å²) in [4.78, 5) is 11.5. The van der Waals surface area contributed by atoms with Crippen molar-refractivity contribution in [2.24, 2.45) is 0 Å². The normalized spacial score (nSPS) is 11.2. The second-order valence-corrected chi connectivity index (χ2v) is 4.50. The minimum atomic E-state index is -0.337. The highest BCUT2D eigenvalue weighted by atomic mass is 16.5. The highest BCUT2D eigenvalue weighted by Gasteiger charge is 2.12. The van der Waals surface area contributed by atoms with Crippen LogP contribution >= 0.6 is 0 Å². The SMILES string of the molecule is CC(C)(C)OCC(=O)Nc1cccc(O)c1. The Morgan fingerprint density at radius 2 is 2.12 bits per heavy atom. The van der Waals surface area contributed by atoms with Gasteiger partial charge in [0.2, 0.25) is 5.91 Å². The first-order chi connectivity index (χ1) is 7.37. The summed E-state index contributed by atoms with van der Waals surface area (Å²) in [6.45, 7) is 5.65. The topological polar surface area (TPSA) is 58.6 Å². The fourth-order valence-corrected chi connectivity index (χ4v) is 1.06. The minimum Gasteiger partial charge on any atom is -0.508 e. The molecule has 0 bridgehead atoms. The van der Waals surface area contributed by atoms with E-state index in [-0.39, 0.29) is 23.9 Å². The van der Waals surface area contributed by atoms with Crippen molar-refractivity contribution in [2.45, 2.75) is 26.4 Å². The van der Waals surface area contributed by atoms with Gasteiger partial charge >= 0.3 is 0 Å². The summed E-state index contributed by atoms with van der Waals surface area (Å²) in [6, 6.07) is 6.39. The summed E-state index contributed by atoms with van der Waals surface area (Å²) in [5.41, 5.74) is 0.221. The third kappa shape index (κ3) is 4.79. The summed E-state index contributed by atoms with van der Waals surface area (Å²) < 4.78 is 5.32. The zero-order chi connectivity index (χ0) is 12.2. The molecular weight excluding hydrogens is 206 g/mol. The Labute approximate surface area is 95.2 Å². The summed E-state index contributed by atoms with van der Waals surface area (Å²) >= 11 is 0. The van der Waals surface area contributed by atoms with Crippen LogP contribution in [-0.2, 0) is 9.53 Å². The molecule has 0 radical (unpaired) electrons. The van der Waals surface area contributed by atoms with Gasteiger partial charge in [0.05, 0.1) is 5.60 Å². The minimum absolute atomic E-state index is 0.000837. The van der Waals surface area contributed by atoms with Crippen molar-refractivity contribution in [3.8, 4) is 5.75 Å². The molecule has 1 amide bonds. The molecule has 0 atom stereocenters. The third-order valence-electron chi connectivity index (χ3n) is 1.77. The van der Waals surface area contributed by atoms with E-state index in [1.54, 1.807) is 18.2 Å². The van der Waals surface area contributed by atoms with Gasteiger partial charge in [0, 0.05) is 11.8 Å². The molecule has 0 spiro atoms. The highest BCUT2D eigenvalue weighted by molar-refractivity contribution is 5.91. The summed E-state index contributed by atoms with van der Waals surface area (Å²) in [5.74, 6) is -0.116. The van der Waals surface area contributed by atoms with Crippen LogP contribution in [0.5, 0.6) is 5.75 Å². The molecule has 0 fully saturated rings. The Morgan fingerprint density at radius 1 is 1.44 bits per heavy atom. The van der Waals surface area contributed by atoms with E-state index >= 15 is 0 Å². The maximum absolute atomic E-state index is 11.5. The Kier molecular flexibility index (Phi) is 3.90. The number of phenols is 1. The van der Waals surface area contributed by atoms with E-state index in [1.165, 1.54) is 6.07 Å². The standard InChI is InChI=1S/C12H17NO3/c1-12(2,3)16-8-11(15)13-9-5-4-6-10(14)7-9/h4-7,14H,8H2,1-3H3,(H,13,15). The van der Waals surface area contributed by atoms with Crippen LogP contribution in [0.1, 0.15) is 20.8 Å². The summed E-state index contributed by atoms with van der Waals surface area (Å²) in [5, 5.41) is 11.8. The molecule has 0 aromatic heterocycles. The lowest BCUT2D eigenvalue weighted by Crippen LogP contribution is -2.27. The zero-order valence-corrected chi connectivity index (χ0v) is 9.78. The van der Waals surface area contributed by atoms with Crippen molar-refractivity contribution in [1.29, 1.82) is 0 Å². The molecule has 16 heavy (non-hydrogen) atoms. The molecule has 0 unspecified atom stereocenters. The van der Waals surface area contributed by atoms with Gasteiger partial charge in [0.1, 0.15) is 12.4 Å². The van der Waals surface area contributed by atoms with Gasteiger partial charge in [-0.2, -0.15) is 0 Å². The van der Waals surface area contributed by atoms with Crippen LogP contribution < -0.4 is 5.32 Å². The van der Waals surface area contributed by atoms with Gasteiger partial charge in [0.25, 0.3) is 0 Å². The average Bonchev–Trinajstić information content (AvgIpc) is 2.14. The summed E-state index contributed by atoms with van der Waals surface area (Å²) in [6.07, 6.45) is 0. The number of phenolic OH excluding ortho intramolecular Hbond substituents is 1. The Morgan fingerprint density at radius 3 is 2.69 bits per heavy atom. The average molecular weight is 223 g/mol. The van der Waals surface area contributed by atoms with Crippen LogP contribution in [-0.4, -0.2) is 23.2 Å². The van der Waals surface area contributed by atoms with E-state index in [1.807, 2.05) is 20.8 Å². The van der Waals surface area contributed by atoms with E-state index in [0.29, 0.717) is 5.69 Å². The molecule has 88 valence electrons. The predicted molar refractivity (Wildman–Crippen MR) is 62.4 cm³/mol.